The van der Waals surface area contributed by atoms with E-state index in [-0.39, 0.29) is 10.8 Å². The molecule has 1 aliphatic heterocycles. The van der Waals surface area contributed by atoms with Crippen LogP contribution in [-0.4, -0.2) is 60.6 Å². The van der Waals surface area contributed by atoms with Crippen LogP contribution < -0.4 is 9.64 Å². The Kier molecular flexibility index (Phi) is 8.17. The Morgan fingerprint density at radius 1 is 1.11 bits per heavy atom. The number of anilines is 1. The molecule has 0 saturated carbocycles. The van der Waals surface area contributed by atoms with Crippen molar-refractivity contribution in [3.63, 3.8) is 0 Å². The molecule has 2 N–H and O–H groups in total. The maximum Gasteiger partial charge on any atom is 0.416 e. The number of aliphatic hydroxyl groups excluding tert-OH is 1. The molecule has 0 aliphatic carbocycles. The number of rotatable bonds is 9. The average molecular weight is 564 g/mol. The van der Waals surface area contributed by atoms with Crippen molar-refractivity contribution in [1.29, 1.82) is 0 Å². The van der Waals surface area contributed by atoms with E-state index < -0.39 is 83.9 Å². The molecule has 0 aromatic heterocycles. The summed E-state index contributed by atoms with van der Waals surface area (Å²) in [4.78, 5) is 47.8. The normalized spacial score (nSPS) is 17.6. The molecular weight excluding hydrogens is 546 g/mol. The lowest BCUT2D eigenvalue weighted by atomic mass is 9.88. The first-order valence-electron chi connectivity index (χ1n) is 10.5. The largest absolute Gasteiger partial charge is 0.496 e. The summed E-state index contributed by atoms with van der Waals surface area (Å²) in [5, 5.41) is 18.2. The number of esters is 2. The number of methoxy groups -OCH3 is 1. The molecule has 0 unspecified atom stereocenters. The topological polar surface area (TPSA) is 140 Å². The minimum Gasteiger partial charge on any atom is -0.496 e. The van der Waals surface area contributed by atoms with E-state index in [2.05, 4.69) is 4.74 Å². The second-order valence-electron chi connectivity index (χ2n) is 7.83. The maximum absolute atomic E-state index is 16.6. The molecule has 0 bridgehead atoms. The quantitative estimate of drug-likeness (QED) is 0.348. The van der Waals surface area contributed by atoms with Gasteiger partial charge in [-0.1, -0.05) is 17.7 Å². The van der Waals surface area contributed by atoms with E-state index in [4.69, 9.17) is 26.2 Å². The number of fused-ring (bicyclic) bond motifs is 1. The summed E-state index contributed by atoms with van der Waals surface area (Å²) in [7, 11) is 1.18. The number of alkyl halides is 4. The number of carboxylic acids is 1. The van der Waals surface area contributed by atoms with Gasteiger partial charge in [-0.3, -0.25) is 14.5 Å². The van der Waals surface area contributed by atoms with Crippen LogP contribution in [0.15, 0.2) is 36.4 Å². The van der Waals surface area contributed by atoms with Crippen LogP contribution in [-0.2, 0) is 40.5 Å². The van der Waals surface area contributed by atoms with Crippen LogP contribution in [0.5, 0.6) is 5.75 Å². The lowest BCUT2D eigenvalue weighted by Crippen LogP contribution is -2.40. The second kappa shape index (κ2) is 10.8. The highest BCUT2D eigenvalue weighted by molar-refractivity contribution is 6.30. The molecule has 2 atom stereocenters. The number of amides is 1. The molecule has 0 radical (unpaired) electrons. The van der Waals surface area contributed by atoms with Crippen molar-refractivity contribution in [2.75, 3.05) is 25.3 Å². The van der Waals surface area contributed by atoms with Gasteiger partial charge in [0.15, 0.2) is 19.4 Å². The molecule has 0 fully saturated rings. The molecular formula is C23H18ClF4NO9. The summed E-state index contributed by atoms with van der Waals surface area (Å²) < 4.78 is 70.9. The standard InChI is InChI=1S/C23H18ClF4NO9/c1-36-17-5-3-12(24)7-14(17)22(25)13-4-2-11(23(26,27)28)6-15(13)29(21(22)35)10-38-19(33)8-16(30)20(34)37-9-18(31)32/h2-7,16,30H,8-10H2,1H3,(H,31,32)/t16-,22-/m0/s1. The van der Waals surface area contributed by atoms with Gasteiger partial charge >= 0.3 is 24.1 Å². The fourth-order valence-corrected chi connectivity index (χ4v) is 3.81. The highest BCUT2D eigenvalue weighted by Gasteiger charge is 2.55. The number of nitrogens with zero attached hydrogens (tertiary/aromatic N) is 1. The fourth-order valence-electron chi connectivity index (χ4n) is 3.64. The van der Waals surface area contributed by atoms with Crippen molar-refractivity contribution >= 4 is 41.1 Å². The number of benzene rings is 2. The Bertz CT molecular complexity index is 1290. The Morgan fingerprint density at radius 3 is 2.39 bits per heavy atom. The number of aliphatic carboxylic acids is 1. The summed E-state index contributed by atoms with van der Waals surface area (Å²) in [6.07, 6.45) is -8.06. The molecule has 38 heavy (non-hydrogen) atoms. The molecule has 3 rings (SSSR count). The Labute approximate surface area is 216 Å². The van der Waals surface area contributed by atoms with Crippen LogP contribution in [0.3, 0.4) is 0 Å². The Hall–Kier alpha value is -3.91. The predicted molar refractivity (Wildman–Crippen MR) is 119 cm³/mol. The average Bonchev–Trinajstić information content (AvgIpc) is 3.07. The monoisotopic (exact) mass is 563 g/mol. The van der Waals surface area contributed by atoms with Gasteiger partial charge in [0.05, 0.1) is 24.8 Å². The van der Waals surface area contributed by atoms with E-state index in [1.54, 1.807) is 0 Å². The molecule has 15 heteroatoms. The Balaban J connectivity index is 1.93. The van der Waals surface area contributed by atoms with Crippen molar-refractivity contribution in [3.05, 3.63) is 58.1 Å². The fraction of sp³-hybridized carbons (Fsp3) is 0.304. The van der Waals surface area contributed by atoms with Crippen LogP contribution in [0.2, 0.25) is 5.02 Å². The van der Waals surface area contributed by atoms with Crippen LogP contribution in [0, 0.1) is 0 Å². The third-order valence-electron chi connectivity index (χ3n) is 5.38. The Morgan fingerprint density at radius 2 is 1.79 bits per heavy atom. The number of aliphatic hydroxyl groups is 1. The molecule has 2 aromatic carbocycles. The summed E-state index contributed by atoms with van der Waals surface area (Å²) in [5.41, 5.74) is -5.81. The van der Waals surface area contributed by atoms with Crippen molar-refractivity contribution in [2.45, 2.75) is 24.4 Å². The number of halogens is 5. The zero-order chi connectivity index (χ0) is 28.4. The highest BCUT2D eigenvalue weighted by Crippen LogP contribution is 2.51. The summed E-state index contributed by atoms with van der Waals surface area (Å²) in [6, 6.07) is 5.49. The lowest BCUT2D eigenvalue weighted by molar-refractivity contribution is -0.164. The second-order valence-corrected chi connectivity index (χ2v) is 8.27. The van der Waals surface area contributed by atoms with Crippen molar-refractivity contribution in [2.24, 2.45) is 0 Å². The molecule has 0 spiro atoms. The zero-order valence-corrected chi connectivity index (χ0v) is 20.0. The van der Waals surface area contributed by atoms with E-state index >= 15 is 4.39 Å². The third-order valence-corrected chi connectivity index (χ3v) is 5.62. The lowest BCUT2D eigenvalue weighted by Gasteiger charge is -2.23. The molecule has 1 heterocycles. The molecule has 204 valence electrons. The van der Waals surface area contributed by atoms with Gasteiger partial charge in [-0.15, -0.1) is 0 Å². The van der Waals surface area contributed by atoms with E-state index in [1.807, 2.05) is 0 Å². The van der Waals surface area contributed by atoms with E-state index in [0.29, 0.717) is 17.0 Å². The van der Waals surface area contributed by atoms with Gasteiger partial charge in [-0.2, -0.15) is 13.2 Å². The first-order valence-corrected chi connectivity index (χ1v) is 10.9. The van der Waals surface area contributed by atoms with Crippen molar-refractivity contribution in [1.82, 2.24) is 0 Å². The van der Waals surface area contributed by atoms with Crippen LogP contribution in [0.4, 0.5) is 23.2 Å². The molecule has 0 saturated heterocycles. The number of ether oxygens (including phenoxy) is 3. The first-order chi connectivity index (χ1) is 17.7. The maximum atomic E-state index is 16.6. The van der Waals surface area contributed by atoms with Crippen molar-refractivity contribution in [3.8, 4) is 5.75 Å². The van der Waals surface area contributed by atoms with Gasteiger partial charge in [-0.25, -0.2) is 14.0 Å². The minimum atomic E-state index is -4.86. The number of carbonyl (C=O) groups is 4. The molecule has 1 amide bonds. The number of carboxylic acid groups (broad SMARTS) is 1. The van der Waals surface area contributed by atoms with E-state index in [1.165, 1.54) is 19.2 Å². The van der Waals surface area contributed by atoms with Gasteiger partial charge < -0.3 is 24.4 Å². The number of hydrogen-bond donors (Lipinski definition) is 2. The first kappa shape index (κ1) is 28.7. The summed E-state index contributed by atoms with van der Waals surface area (Å²) in [6.45, 7) is -2.19. The van der Waals surface area contributed by atoms with Crippen LogP contribution in [0.1, 0.15) is 23.1 Å². The van der Waals surface area contributed by atoms with Crippen LogP contribution >= 0.6 is 11.6 Å². The van der Waals surface area contributed by atoms with Gasteiger partial charge in [0.1, 0.15) is 5.75 Å². The van der Waals surface area contributed by atoms with Gasteiger partial charge in [0.2, 0.25) is 5.67 Å². The van der Waals surface area contributed by atoms with Gasteiger partial charge in [0, 0.05) is 16.1 Å². The van der Waals surface area contributed by atoms with E-state index in [9.17, 15) is 37.5 Å². The van der Waals surface area contributed by atoms with E-state index in [0.717, 1.165) is 12.1 Å². The van der Waals surface area contributed by atoms with Crippen molar-refractivity contribution < 1.29 is 61.2 Å². The minimum absolute atomic E-state index is 0.00673. The van der Waals surface area contributed by atoms with Gasteiger partial charge in [-0.05, 0) is 30.3 Å². The smallest absolute Gasteiger partial charge is 0.416 e. The highest BCUT2D eigenvalue weighted by atomic mass is 35.5. The molecule has 10 nitrogen and oxygen atoms in total. The predicted octanol–water partition coefficient (Wildman–Crippen LogP) is 2.81. The number of carbonyl (C=O) groups excluding carboxylic acids is 3. The van der Waals surface area contributed by atoms with Gasteiger partial charge in [0.25, 0.3) is 5.91 Å². The SMILES string of the molecule is COc1ccc(Cl)cc1[C@]1(F)C(=O)N(COC(=O)C[C@H](O)C(=O)OCC(=O)O)c2cc(C(F)(F)F)ccc21. The summed E-state index contributed by atoms with van der Waals surface area (Å²) >= 11 is 5.97. The zero-order valence-electron chi connectivity index (χ0n) is 19.3. The summed E-state index contributed by atoms with van der Waals surface area (Å²) in [5.74, 6) is -5.89. The molecule has 2 aromatic rings. The number of hydrogen-bond acceptors (Lipinski definition) is 8. The third kappa shape index (κ3) is 5.65. The molecule has 1 aliphatic rings. The van der Waals surface area contributed by atoms with Crippen LogP contribution in [0.25, 0.3) is 0 Å².